The van der Waals surface area contributed by atoms with E-state index < -0.39 is 0 Å². The molecule has 0 bridgehead atoms. The minimum Gasteiger partial charge on any atom is -0.497 e. The highest BCUT2D eigenvalue weighted by Crippen LogP contribution is 2.09. The molecule has 0 heterocycles. The smallest absolute Gasteiger partial charge is 0.0965 e. The van der Waals surface area contributed by atoms with Gasteiger partial charge in [-0.15, -0.1) is 0 Å². The molecule has 13 heavy (non-hydrogen) atoms. The highest BCUT2D eigenvalue weighted by atomic mass is 32.1. The van der Waals surface area contributed by atoms with E-state index in [4.69, 9.17) is 4.74 Å². The lowest BCUT2D eigenvalue weighted by molar-refractivity contribution is 0.219. The topological polar surface area (TPSA) is 9.23 Å². The lowest BCUT2D eigenvalue weighted by Crippen LogP contribution is -1.96. The van der Waals surface area contributed by atoms with E-state index in [1.165, 1.54) is 0 Å². The average Bonchev–Trinajstić information content (AvgIpc) is 2.17. The molecule has 0 radical (unpaired) electrons. The predicted molar refractivity (Wildman–Crippen MR) is 62.2 cm³/mol. The van der Waals surface area contributed by atoms with Gasteiger partial charge in [-0.05, 0) is 32.8 Å². The summed E-state index contributed by atoms with van der Waals surface area (Å²) < 4.78 is 5.48. The number of ether oxygens (including phenoxy) is 1. The van der Waals surface area contributed by atoms with Crippen molar-refractivity contribution in [3.8, 4) is 0 Å². The van der Waals surface area contributed by atoms with E-state index >= 15 is 0 Å². The average molecular weight is 200 g/mol. The largest absolute Gasteiger partial charge is 0.497 e. The zero-order valence-electron chi connectivity index (χ0n) is 8.62. The molecule has 76 valence electrons. The molecule has 2 heteroatoms. The van der Waals surface area contributed by atoms with Crippen LogP contribution in [0.25, 0.3) is 0 Å². The summed E-state index contributed by atoms with van der Waals surface area (Å²) in [7, 11) is 0. The Morgan fingerprint density at radius 2 is 2.15 bits per heavy atom. The van der Waals surface area contributed by atoms with Gasteiger partial charge in [0.1, 0.15) is 0 Å². The molecule has 0 saturated carbocycles. The second kappa shape index (κ2) is 9.72. The number of hydrogen-bond acceptors (Lipinski definition) is 2. The fraction of sp³-hybridized carbons (Fsp3) is 0.636. The van der Waals surface area contributed by atoms with Gasteiger partial charge in [0.25, 0.3) is 0 Å². The Hall–Kier alpha value is -0.370. The van der Waals surface area contributed by atoms with E-state index in [9.17, 15) is 0 Å². The Labute approximate surface area is 87.3 Å². The second-order valence-electron chi connectivity index (χ2n) is 2.79. The Morgan fingerprint density at radius 3 is 2.69 bits per heavy atom. The fourth-order valence-electron chi connectivity index (χ4n) is 1.04. The van der Waals surface area contributed by atoms with E-state index in [1.807, 2.05) is 19.9 Å². The number of hydrogen-bond donors (Lipinski definition) is 1. The number of allylic oxidation sites excluding steroid dienone is 4. The summed E-state index contributed by atoms with van der Waals surface area (Å²) in [6.07, 6.45) is 9.65. The van der Waals surface area contributed by atoms with Crippen molar-refractivity contribution in [1.29, 1.82) is 0 Å². The summed E-state index contributed by atoms with van der Waals surface area (Å²) in [5.41, 5.74) is 0. The molecule has 0 unspecified atom stereocenters. The monoisotopic (exact) mass is 200 g/mol. The zero-order valence-corrected chi connectivity index (χ0v) is 9.52. The molecule has 0 aliphatic carbocycles. The van der Waals surface area contributed by atoms with Crippen molar-refractivity contribution in [3.63, 3.8) is 0 Å². The Kier molecular flexibility index (Phi) is 9.44. The first-order chi connectivity index (χ1) is 6.35. The third kappa shape index (κ3) is 7.97. The van der Waals surface area contributed by atoms with Crippen molar-refractivity contribution in [2.24, 2.45) is 0 Å². The van der Waals surface area contributed by atoms with Gasteiger partial charge in [-0.2, -0.15) is 12.6 Å². The predicted octanol–water partition coefficient (Wildman–Crippen LogP) is 3.58. The molecule has 0 saturated heterocycles. The molecule has 0 atom stereocenters. The van der Waals surface area contributed by atoms with Crippen molar-refractivity contribution in [3.05, 3.63) is 24.0 Å². The first-order valence-corrected chi connectivity index (χ1v) is 5.48. The van der Waals surface area contributed by atoms with Gasteiger partial charge < -0.3 is 4.74 Å². The van der Waals surface area contributed by atoms with E-state index in [-0.39, 0.29) is 0 Å². The van der Waals surface area contributed by atoms with Crippen molar-refractivity contribution >= 4 is 12.6 Å². The van der Waals surface area contributed by atoms with Gasteiger partial charge in [0.2, 0.25) is 0 Å². The molecule has 0 spiro atoms. The summed E-state index contributed by atoms with van der Waals surface area (Å²) in [4.78, 5) is 0. The normalized spacial score (nSPS) is 12.4. The highest BCUT2D eigenvalue weighted by molar-refractivity contribution is 7.80. The van der Waals surface area contributed by atoms with Gasteiger partial charge in [-0.25, -0.2) is 0 Å². The molecular weight excluding hydrogens is 180 g/mol. The van der Waals surface area contributed by atoms with Crippen LogP contribution < -0.4 is 0 Å². The third-order valence-corrected chi connectivity index (χ3v) is 1.91. The van der Waals surface area contributed by atoms with Crippen molar-refractivity contribution < 1.29 is 4.74 Å². The van der Waals surface area contributed by atoms with E-state index in [2.05, 4.69) is 24.8 Å². The second-order valence-corrected chi connectivity index (χ2v) is 3.24. The highest BCUT2D eigenvalue weighted by Gasteiger charge is 1.95. The molecule has 0 N–H and O–H groups in total. The zero-order chi connectivity index (χ0) is 9.94. The van der Waals surface area contributed by atoms with E-state index in [0.717, 1.165) is 30.8 Å². The Bertz CT molecular complexity index is 161. The maximum atomic E-state index is 5.48. The van der Waals surface area contributed by atoms with Crippen LogP contribution in [0.1, 0.15) is 33.1 Å². The van der Waals surface area contributed by atoms with Gasteiger partial charge >= 0.3 is 0 Å². The number of unbranched alkanes of at least 4 members (excludes halogenated alkanes) is 1. The van der Waals surface area contributed by atoms with Crippen LogP contribution in [0.4, 0.5) is 0 Å². The number of rotatable bonds is 7. The third-order valence-electron chi connectivity index (χ3n) is 1.73. The summed E-state index contributed by atoms with van der Waals surface area (Å²) in [5, 5.41) is 0. The molecule has 0 amide bonds. The van der Waals surface area contributed by atoms with Gasteiger partial charge in [0.15, 0.2) is 0 Å². The van der Waals surface area contributed by atoms with Crippen molar-refractivity contribution in [1.82, 2.24) is 0 Å². The maximum Gasteiger partial charge on any atom is 0.0965 e. The molecule has 0 aliphatic rings. The molecule has 0 rings (SSSR count). The summed E-state index contributed by atoms with van der Waals surface area (Å²) in [5.74, 6) is 1.88. The van der Waals surface area contributed by atoms with E-state index in [0.29, 0.717) is 6.61 Å². The minimum absolute atomic E-state index is 0.715. The van der Waals surface area contributed by atoms with Gasteiger partial charge in [-0.1, -0.05) is 12.2 Å². The van der Waals surface area contributed by atoms with Crippen LogP contribution in [0.5, 0.6) is 0 Å². The molecule has 0 aliphatic heterocycles. The first kappa shape index (κ1) is 12.6. The van der Waals surface area contributed by atoms with Gasteiger partial charge in [0, 0.05) is 12.2 Å². The summed E-state index contributed by atoms with van der Waals surface area (Å²) >= 11 is 4.10. The van der Waals surface area contributed by atoms with Crippen LogP contribution in [0.2, 0.25) is 0 Å². The van der Waals surface area contributed by atoms with Crippen LogP contribution in [0.15, 0.2) is 24.0 Å². The summed E-state index contributed by atoms with van der Waals surface area (Å²) in [6.45, 7) is 4.78. The Morgan fingerprint density at radius 1 is 1.38 bits per heavy atom. The van der Waals surface area contributed by atoms with Crippen LogP contribution in [0.3, 0.4) is 0 Å². The maximum absolute atomic E-state index is 5.48. The van der Waals surface area contributed by atoms with Gasteiger partial charge in [0.05, 0.1) is 12.4 Å². The molecular formula is C11H20OS. The van der Waals surface area contributed by atoms with Crippen LogP contribution >= 0.6 is 12.6 Å². The molecule has 0 aromatic heterocycles. The molecule has 1 nitrogen and oxygen atoms in total. The molecule has 0 aromatic rings. The van der Waals surface area contributed by atoms with Crippen LogP contribution in [-0.2, 0) is 4.74 Å². The minimum atomic E-state index is 0.715. The van der Waals surface area contributed by atoms with Crippen molar-refractivity contribution in [2.45, 2.75) is 33.1 Å². The van der Waals surface area contributed by atoms with Crippen molar-refractivity contribution in [2.75, 3.05) is 12.4 Å². The lowest BCUT2D eigenvalue weighted by atomic mass is 10.2. The molecule has 0 fully saturated rings. The van der Waals surface area contributed by atoms with Crippen LogP contribution in [-0.4, -0.2) is 12.4 Å². The molecule has 0 aromatic carbocycles. The van der Waals surface area contributed by atoms with E-state index in [1.54, 1.807) is 0 Å². The first-order valence-electron chi connectivity index (χ1n) is 4.85. The Balaban J connectivity index is 3.49. The van der Waals surface area contributed by atoms with Crippen LogP contribution in [0, 0.1) is 0 Å². The summed E-state index contributed by atoms with van der Waals surface area (Å²) in [6, 6.07) is 0. The quantitative estimate of drug-likeness (QED) is 0.286. The number of thiol groups is 1. The fourth-order valence-corrected chi connectivity index (χ4v) is 1.13. The SMILES string of the molecule is C/C=C\CCC/C(=C\C)OCCS. The van der Waals surface area contributed by atoms with Gasteiger partial charge in [-0.3, -0.25) is 0 Å². The lowest BCUT2D eigenvalue weighted by Gasteiger charge is -2.07. The standard InChI is InChI=1S/C11H20OS/c1-3-5-6-7-8-11(4-2)12-9-10-13/h3-5,13H,6-10H2,1-2H3/b5-3-,11-4+.